The van der Waals surface area contributed by atoms with Crippen LogP contribution >= 0.6 is 0 Å². The van der Waals surface area contributed by atoms with Crippen LogP contribution in [0.5, 0.6) is 0 Å². The van der Waals surface area contributed by atoms with Gasteiger partial charge in [-0.1, -0.05) is 45.0 Å². The second kappa shape index (κ2) is 23.6. The number of aromatic nitrogens is 3. The van der Waals surface area contributed by atoms with Gasteiger partial charge in [0.2, 0.25) is 0 Å². The van der Waals surface area contributed by atoms with Crippen molar-refractivity contribution in [1.82, 2.24) is 24.8 Å². The lowest BCUT2D eigenvalue weighted by Crippen LogP contribution is -2.62. The summed E-state index contributed by atoms with van der Waals surface area (Å²) in [4.78, 5) is 21.0. The van der Waals surface area contributed by atoms with E-state index in [4.69, 9.17) is 28.4 Å². The summed E-state index contributed by atoms with van der Waals surface area (Å²) >= 11 is 0. The maximum absolute atomic E-state index is 14.6. The molecule has 18 atom stereocenters. The number of cyclic esters (lactones) is 1. The second-order valence-electron chi connectivity index (χ2n) is 22.2. The van der Waals surface area contributed by atoms with E-state index >= 15 is 0 Å². The van der Waals surface area contributed by atoms with Crippen LogP contribution in [0.15, 0.2) is 30.5 Å². The average molecular weight is 989 g/mol. The summed E-state index contributed by atoms with van der Waals surface area (Å²) in [6.07, 6.45) is -4.64. The summed E-state index contributed by atoms with van der Waals surface area (Å²) in [6, 6.07) is 7.59. The molecule has 0 aliphatic carbocycles. The fourth-order valence-electron chi connectivity index (χ4n) is 12.0. The molecule has 4 aliphatic rings. The fraction of sp³-hybridized carbons (Fsp3) is 0.827. The zero-order valence-electron chi connectivity index (χ0n) is 44.3. The highest BCUT2D eigenvalue weighted by Gasteiger charge is 2.55. The molecule has 1 unspecified atom stereocenters. The Kier molecular flexibility index (Phi) is 19.0. The third kappa shape index (κ3) is 12.9. The number of morpholine rings is 1. The summed E-state index contributed by atoms with van der Waals surface area (Å²) in [5.41, 5.74) is -1.30. The number of benzene rings is 1. The molecular formula is C52H88N6O12. The van der Waals surface area contributed by atoms with E-state index in [1.165, 1.54) is 12.6 Å². The molecule has 6 rings (SSSR count). The highest BCUT2D eigenvalue weighted by Crippen LogP contribution is 2.45. The van der Waals surface area contributed by atoms with Crippen molar-refractivity contribution >= 4 is 11.7 Å². The van der Waals surface area contributed by atoms with Crippen molar-refractivity contribution in [3.05, 3.63) is 41.7 Å². The van der Waals surface area contributed by atoms with Crippen LogP contribution in [0.1, 0.15) is 106 Å². The number of methoxy groups -OCH3 is 1. The first kappa shape index (κ1) is 56.4. The number of aliphatic hydroxyl groups is 5. The quantitative estimate of drug-likeness (QED) is 0.193. The minimum atomic E-state index is -1.81. The molecule has 398 valence electrons. The Bertz CT molecular complexity index is 1950. The minimum Gasteiger partial charge on any atom is -0.459 e. The van der Waals surface area contributed by atoms with Crippen molar-refractivity contribution in [3.8, 4) is 0 Å². The van der Waals surface area contributed by atoms with Crippen LogP contribution in [-0.4, -0.2) is 201 Å². The van der Waals surface area contributed by atoms with E-state index in [0.29, 0.717) is 32.5 Å². The van der Waals surface area contributed by atoms with E-state index < -0.39 is 95.6 Å². The summed E-state index contributed by atoms with van der Waals surface area (Å²) < 4.78 is 39.6. The lowest BCUT2D eigenvalue weighted by molar-refractivity contribution is -0.302. The van der Waals surface area contributed by atoms with Gasteiger partial charge >= 0.3 is 5.97 Å². The van der Waals surface area contributed by atoms with E-state index in [2.05, 4.69) is 44.4 Å². The maximum Gasteiger partial charge on any atom is 0.309 e. The number of hydrogen-bond donors (Lipinski definition) is 5. The number of ether oxygens (including phenoxy) is 6. The number of rotatable bonds is 12. The van der Waals surface area contributed by atoms with Gasteiger partial charge in [-0.15, -0.1) is 5.10 Å². The van der Waals surface area contributed by atoms with Crippen molar-refractivity contribution in [2.75, 3.05) is 65.5 Å². The Balaban J connectivity index is 1.25. The summed E-state index contributed by atoms with van der Waals surface area (Å²) in [7, 11) is 5.37. The van der Waals surface area contributed by atoms with Gasteiger partial charge in [-0.2, -0.15) is 0 Å². The molecule has 0 spiro atoms. The molecular weight excluding hydrogens is 901 g/mol. The summed E-state index contributed by atoms with van der Waals surface area (Å²) in [6.45, 7) is 22.9. The minimum absolute atomic E-state index is 0.162. The van der Waals surface area contributed by atoms with Crippen LogP contribution in [0.4, 0.5) is 5.69 Å². The first-order chi connectivity index (χ1) is 32.9. The number of carbonyl (C=O) groups is 1. The van der Waals surface area contributed by atoms with Gasteiger partial charge in [-0.05, 0) is 104 Å². The number of carbonyl (C=O) groups excluding carboxylic acids is 1. The van der Waals surface area contributed by atoms with Crippen LogP contribution in [0.25, 0.3) is 0 Å². The Morgan fingerprint density at radius 3 is 2.26 bits per heavy atom. The normalized spacial score (nSPS) is 41.2. The van der Waals surface area contributed by atoms with Gasteiger partial charge in [-0.3, -0.25) is 4.79 Å². The van der Waals surface area contributed by atoms with Crippen molar-refractivity contribution < 1.29 is 58.7 Å². The SMILES string of the molecule is CC[C@H]1OC(=O)[C@H](C)[C@@H](C2C[C@@](C)(OC)[C@@H](O)[C@H](C)O2)[C@H](C)[C@@H](O[C@@H]2O[C@H](C)C[C@H](N(C)CCc3cn(Cc4ccc(N5CCOCC5)cc4)nn3)[C@H]2O)[C@](C)(O)C[C@@H](C)CN(C)[C@H](C)[C@@H](O)[C@]1(C)O. The molecule has 4 saturated heterocycles. The lowest BCUT2D eigenvalue weighted by Gasteiger charge is -2.51. The smallest absolute Gasteiger partial charge is 0.309 e. The Morgan fingerprint density at radius 2 is 1.61 bits per heavy atom. The van der Waals surface area contributed by atoms with Crippen LogP contribution < -0.4 is 4.90 Å². The van der Waals surface area contributed by atoms with Crippen LogP contribution in [0.2, 0.25) is 0 Å². The third-order valence-electron chi connectivity index (χ3n) is 16.4. The van der Waals surface area contributed by atoms with Crippen molar-refractivity contribution in [1.29, 1.82) is 0 Å². The Labute approximate surface area is 416 Å². The van der Waals surface area contributed by atoms with Crippen LogP contribution in [-0.2, 0) is 46.2 Å². The first-order valence-corrected chi connectivity index (χ1v) is 25.8. The number of nitrogens with zero attached hydrogens (tertiary/aromatic N) is 6. The van der Waals surface area contributed by atoms with E-state index in [0.717, 1.165) is 37.6 Å². The lowest BCUT2D eigenvalue weighted by atomic mass is 9.68. The van der Waals surface area contributed by atoms with E-state index in [-0.39, 0.29) is 37.3 Å². The van der Waals surface area contributed by atoms with E-state index in [1.807, 2.05) is 64.5 Å². The summed E-state index contributed by atoms with van der Waals surface area (Å²) in [5.74, 6) is -3.08. The predicted molar refractivity (Wildman–Crippen MR) is 264 cm³/mol. The summed E-state index contributed by atoms with van der Waals surface area (Å²) in [5, 5.41) is 69.0. The van der Waals surface area contributed by atoms with Gasteiger partial charge in [0.25, 0.3) is 0 Å². The number of hydrogen-bond acceptors (Lipinski definition) is 17. The van der Waals surface area contributed by atoms with Crippen molar-refractivity contribution in [2.45, 2.75) is 192 Å². The van der Waals surface area contributed by atoms with Gasteiger partial charge < -0.3 is 68.7 Å². The van der Waals surface area contributed by atoms with Crippen molar-refractivity contribution in [2.24, 2.45) is 23.7 Å². The molecule has 5 N–H and O–H groups in total. The largest absolute Gasteiger partial charge is 0.459 e. The molecule has 0 bridgehead atoms. The molecule has 4 fully saturated rings. The van der Waals surface area contributed by atoms with Crippen molar-refractivity contribution in [3.63, 3.8) is 0 Å². The highest BCUT2D eigenvalue weighted by atomic mass is 16.7. The maximum atomic E-state index is 14.6. The molecule has 0 amide bonds. The zero-order valence-corrected chi connectivity index (χ0v) is 44.3. The number of aliphatic hydroxyl groups excluding tert-OH is 3. The topological polar surface area (TPSA) is 214 Å². The second-order valence-corrected chi connectivity index (χ2v) is 22.2. The molecule has 1 aromatic carbocycles. The van der Waals surface area contributed by atoms with E-state index in [9.17, 15) is 30.3 Å². The van der Waals surface area contributed by atoms with E-state index in [1.54, 1.807) is 34.8 Å². The highest BCUT2D eigenvalue weighted by molar-refractivity contribution is 5.73. The van der Waals surface area contributed by atoms with Crippen LogP contribution in [0.3, 0.4) is 0 Å². The average Bonchev–Trinajstić information content (AvgIpc) is 3.77. The van der Waals surface area contributed by atoms with Gasteiger partial charge in [0.15, 0.2) is 6.29 Å². The molecule has 18 nitrogen and oxygen atoms in total. The molecule has 1 aromatic heterocycles. The molecule has 4 aliphatic heterocycles. The Morgan fingerprint density at radius 1 is 0.943 bits per heavy atom. The molecule has 5 heterocycles. The molecule has 18 heteroatoms. The number of likely N-dealkylation sites (N-methyl/N-ethyl adjacent to an activating group) is 2. The zero-order chi connectivity index (χ0) is 51.5. The van der Waals surface area contributed by atoms with Crippen LogP contribution in [0, 0.1) is 23.7 Å². The molecule has 0 saturated carbocycles. The van der Waals surface area contributed by atoms with Gasteiger partial charge in [0.05, 0.1) is 67.0 Å². The predicted octanol–water partition coefficient (Wildman–Crippen LogP) is 3.26. The van der Waals surface area contributed by atoms with Gasteiger partial charge in [-0.25, -0.2) is 4.68 Å². The fourth-order valence-corrected chi connectivity index (χ4v) is 12.0. The number of anilines is 1. The van der Waals surface area contributed by atoms with Gasteiger partial charge in [0.1, 0.15) is 30.0 Å². The first-order valence-electron chi connectivity index (χ1n) is 25.8. The molecule has 70 heavy (non-hydrogen) atoms. The third-order valence-corrected chi connectivity index (χ3v) is 16.4. The standard InChI is InChI=1S/C52H88N6O12/c1-14-42-52(10,64)45(60)35(6)56(12)28-31(2)26-50(8,63)47(33(4)43(34(5)48(62)69-42)41-27-51(9,65-13)46(61)36(7)68-41)70-49-44(59)40(25-32(3)67-49)55(11)20-19-38-30-58(54-53-38)29-37-15-17-39(18-16-37)57-21-23-66-24-22-57/h15-18,30-36,40-47,49,59-61,63-64H,14,19-29H2,1-13H3/t31-,32-,33+,34-,35-,36+,40+,41?,42-,43+,44-,45-,46+,47-,49+,50-,51-,52-/m1/s1. The monoisotopic (exact) mass is 989 g/mol. The Hall–Kier alpha value is -2.85. The number of esters is 1. The molecule has 0 radical (unpaired) electrons. The molecule has 2 aromatic rings. The van der Waals surface area contributed by atoms with Gasteiger partial charge in [0, 0.05) is 76.0 Å².